The van der Waals surface area contributed by atoms with Gasteiger partial charge in [-0.2, -0.15) is 5.10 Å². The van der Waals surface area contributed by atoms with Crippen LogP contribution in [0.1, 0.15) is 41.6 Å². The monoisotopic (exact) mass is 444 g/mol. The first kappa shape index (κ1) is 20.6. The lowest BCUT2D eigenvalue weighted by Gasteiger charge is -2.38. The highest BCUT2D eigenvalue weighted by Gasteiger charge is 2.40. The first-order valence-electron chi connectivity index (χ1n) is 11.8. The number of ether oxygens (including phenoxy) is 2. The van der Waals surface area contributed by atoms with Crippen molar-refractivity contribution < 1.29 is 14.3 Å². The zero-order valence-electron chi connectivity index (χ0n) is 18.8. The molecule has 33 heavy (non-hydrogen) atoms. The van der Waals surface area contributed by atoms with E-state index in [0.29, 0.717) is 24.8 Å². The van der Waals surface area contributed by atoms with Crippen LogP contribution in [-0.4, -0.2) is 54.2 Å². The Morgan fingerprint density at radius 3 is 2.64 bits per heavy atom. The van der Waals surface area contributed by atoms with E-state index < -0.39 is 5.79 Å². The first-order chi connectivity index (χ1) is 16.1. The van der Waals surface area contributed by atoms with Crippen molar-refractivity contribution in [3.8, 4) is 11.1 Å². The Morgan fingerprint density at radius 1 is 1.09 bits per heavy atom. The maximum Gasteiger partial charge on any atom is 0.251 e. The summed E-state index contributed by atoms with van der Waals surface area (Å²) in [5.74, 6) is 0.503. The maximum atomic E-state index is 12.6. The Morgan fingerprint density at radius 2 is 1.88 bits per heavy atom. The molecule has 1 saturated carbocycles. The van der Waals surface area contributed by atoms with Gasteiger partial charge in [0.25, 0.3) is 5.91 Å². The molecule has 3 heterocycles. The molecule has 3 aromatic rings. The summed E-state index contributed by atoms with van der Waals surface area (Å²) in [6, 6.07) is 12.7. The molecule has 6 rings (SSSR count). The minimum absolute atomic E-state index is 0.00536. The third-order valence-electron chi connectivity index (χ3n) is 7.00. The van der Waals surface area contributed by atoms with E-state index in [2.05, 4.69) is 45.5 Å². The summed E-state index contributed by atoms with van der Waals surface area (Å²) in [7, 11) is 0. The normalized spacial score (nSPS) is 19.8. The van der Waals surface area contributed by atoms with Crippen LogP contribution in [0.5, 0.6) is 0 Å². The minimum atomic E-state index is -0.407. The van der Waals surface area contributed by atoms with Gasteiger partial charge in [-0.15, -0.1) is 5.10 Å². The molecule has 0 bridgehead atoms. The number of hydrogen-bond donors (Lipinski definition) is 1. The fraction of sp³-hybridized carbons (Fsp3) is 0.423. The van der Waals surface area contributed by atoms with Crippen molar-refractivity contribution in [2.24, 2.45) is 0 Å². The lowest BCUT2D eigenvalue weighted by Crippen LogP contribution is -2.45. The second-order valence-electron chi connectivity index (χ2n) is 9.34. The average Bonchev–Trinajstić information content (AvgIpc) is 3.55. The third-order valence-corrected chi connectivity index (χ3v) is 7.00. The minimum Gasteiger partial charge on any atom is -0.354 e. The van der Waals surface area contributed by atoms with Crippen LogP contribution in [0.15, 0.2) is 42.6 Å². The lowest BCUT2D eigenvalue weighted by atomic mass is 9.96. The van der Waals surface area contributed by atoms with E-state index in [1.54, 1.807) is 0 Å². The molecule has 0 atom stereocenters. The Labute approximate surface area is 193 Å². The van der Waals surface area contributed by atoms with Crippen molar-refractivity contribution in [1.82, 2.24) is 15.5 Å². The number of aryl methyl sites for hydroxylation is 1. The van der Waals surface area contributed by atoms with Gasteiger partial charge < -0.3 is 19.7 Å². The molecular weight excluding hydrogens is 416 g/mol. The molecule has 1 aliphatic carbocycles. The first-order valence-corrected chi connectivity index (χ1v) is 11.8. The molecule has 0 unspecified atom stereocenters. The fourth-order valence-electron chi connectivity index (χ4n) is 4.89. The number of nitrogens with zero attached hydrogens (tertiary/aromatic N) is 3. The number of carbonyl (C=O) groups is 1. The van der Waals surface area contributed by atoms with Gasteiger partial charge in [0, 0.05) is 48.3 Å². The van der Waals surface area contributed by atoms with Gasteiger partial charge in [-0.3, -0.25) is 4.79 Å². The van der Waals surface area contributed by atoms with E-state index in [4.69, 9.17) is 9.47 Å². The third kappa shape index (κ3) is 3.96. The second kappa shape index (κ2) is 8.08. The number of amides is 1. The van der Waals surface area contributed by atoms with Crippen LogP contribution in [-0.2, 0) is 9.47 Å². The SMILES string of the molecule is Cc1ccc(C(=O)NC2CC2)cc1-c1ccc2c(N3CCC4(CC3)OCCO4)nncc2c1. The molecule has 0 radical (unpaired) electrons. The molecule has 1 aromatic heterocycles. The summed E-state index contributed by atoms with van der Waals surface area (Å²) in [5, 5.41) is 14.0. The summed E-state index contributed by atoms with van der Waals surface area (Å²) in [6.45, 7) is 5.09. The van der Waals surface area contributed by atoms with Crippen molar-refractivity contribution in [2.75, 3.05) is 31.2 Å². The van der Waals surface area contributed by atoms with Crippen LogP contribution in [0.2, 0.25) is 0 Å². The molecule has 7 nitrogen and oxygen atoms in total. The molecule has 7 heteroatoms. The molecule has 3 aliphatic rings. The second-order valence-corrected chi connectivity index (χ2v) is 9.34. The largest absolute Gasteiger partial charge is 0.354 e. The number of fused-ring (bicyclic) bond motifs is 1. The Bertz CT molecular complexity index is 1210. The number of aromatic nitrogens is 2. The lowest BCUT2D eigenvalue weighted by molar-refractivity contribution is -0.169. The van der Waals surface area contributed by atoms with E-state index >= 15 is 0 Å². The highest BCUT2D eigenvalue weighted by molar-refractivity contribution is 5.98. The van der Waals surface area contributed by atoms with Crippen LogP contribution in [0.4, 0.5) is 5.82 Å². The summed E-state index contributed by atoms with van der Waals surface area (Å²) >= 11 is 0. The summed E-state index contributed by atoms with van der Waals surface area (Å²) < 4.78 is 11.7. The quantitative estimate of drug-likeness (QED) is 0.659. The molecule has 2 saturated heterocycles. The van der Waals surface area contributed by atoms with Gasteiger partial charge >= 0.3 is 0 Å². The van der Waals surface area contributed by atoms with Crippen molar-refractivity contribution in [2.45, 2.75) is 44.4 Å². The number of carbonyl (C=O) groups excluding carboxylic acids is 1. The van der Waals surface area contributed by atoms with Crippen molar-refractivity contribution in [1.29, 1.82) is 0 Å². The highest BCUT2D eigenvalue weighted by Crippen LogP contribution is 2.36. The molecule has 1 N–H and O–H groups in total. The maximum absolute atomic E-state index is 12.6. The van der Waals surface area contributed by atoms with Crippen LogP contribution in [0.3, 0.4) is 0 Å². The summed E-state index contributed by atoms with van der Waals surface area (Å²) in [4.78, 5) is 14.8. The van der Waals surface area contributed by atoms with E-state index in [1.807, 2.05) is 24.4 Å². The van der Waals surface area contributed by atoms with E-state index in [1.165, 1.54) is 0 Å². The Balaban J connectivity index is 1.29. The van der Waals surface area contributed by atoms with Crippen LogP contribution >= 0.6 is 0 Å². The standard InChI is InChI=1S/C26H28N4O3/c1-17-2-3-19(25(31)28-21-5-6-21)15-23(17)18-4-7-22-20(14-18)16-27-29-24(22)30-10-8-26(9-11-30)32-12-13-33-26/h2-4,7,14-16,21H,5-6,8-13H2,1H3,(H,28,31). The zero-order valence-corrected chi connectivity index (χ0v) is 18.8. The summed E-state index contributed by atoms with van der Waals surface area (Å²) in [6.07, 6.45) is 5.64. The van der Waals surface area contributed by atoms with Crippen molar-refractivity contribution in [3.63, 3.8) is 0 Å². The fourth-order valence-corrected chi connectivity index (χ4v) is 4.89. The molecule has 1 amide bonds. The number of anilines is 1. The van der Waals surface area contributed by atoms with Crippen LogP contribution in [0.25, 0.3) is 21.9 Å². The van der Waals surface area contributed by atoms with Crippen molar-refractivity contribution >= 4 is 22.5 Å². The van der Waals surface area contributed by atoms with Crippen molar-refractivity contribution in [3.05, 3.63) is 53.7 Å². The number of piperidine rings is 1. The predicted molar refractivity (Wildman–Crippen MR) is 126 cm³/mol. The molecule has 2 aliphatic heterocycles. The smallest absolute Gasteiger partial charge is 0.251 e. The topological polar surface area (TPSA) is 76.6 Å². The number of hydrogen-bond acceptors (Lipinski definition) is 6. The summed E-state index contributed by atoms with van der Waals surface area (Å²) in [5.41, 5.74) is 3.98. The predicted octanol–water partition coefficient (Wildman–Crippen LogP) is 3.84. The number of benzene rings is 2. The van der Waals surface area contributed by atoms with Gasteiger partial charge in [-0.1, -0.05) is 12.1 Å². The van der Waals surface area contributed by atoms with Crippen LogP contribution < -0.4 is 10.2 Å². The average molecular weight is 445 g/mol. The van der Waals surface area contributed by atoms with Crippen LogP contribution in [0, 0.1) is 6.92 Å². The molecule has 1 spiro atoms. The molecular formula is C26H28N4O3. The Kier molecular flexibility index (Phi) is 5.03. The van der Waals surface area contributed by atoms with Gasteiger partial charge in [0.05, 0.1) is 19.4 Å². The van der Waals surface area contributed by atoms with E-state index in [0.717, 1.165) is 72.1 Å². The van der Waals surface area contributed by atoms with Gasteiger partial charge in [0.2, 0.25) is 0 Å². The number of rotatable bonds is 4. The molecule has 170 valence electrons. The van der Waals surface area contributed by atoms with E-state index in [-0.39, 0.29) is 5.91 Å². The van der Waals surface area contributed by atoms with Gasteiger partial charge in [-0.25, -0.2) is 0 Å². The molecule has 3 fully saturated rings. The number of nitrogens with one attached hydrogen (secondary N) is 1. The Hall–Kier alpha value is -3.03. The van der Waals surface area contributed by atoms with Gasteiger partial charge in [0.1, 0.15) is 0 Å². The van der Waals surface area contributed by atoms with E-state index in [9.17, 15) is 4.79 Å². The van der Waals surface area contributed by atoms with Gasteiger partial charge in [-0.05, 0) is 60.7 Å². The van der Waals surface area contributed by atoms with Gasteiger partial charge in [0.15, 0.2) is 11.6 Å². The highest BCUT2D eigenvalue weighted by atomic mass is 16.7. The zero-order chi connectivity index (χ0) is 22.4. The molecule has 2 aromatic carbocycles.